The Bertz CT molecular complexity index is 271. The van der Waals surface area contributed by atoms with Crippen LogP contribution in [0.1, 0.15) is 47.0 Å². The van der Waals surface area contributed by atoms with Crippen molar-refractivity contribution in [1.29, 1.82) is 0 Å². The predicted octanol–water partition coefficient (Wildman–Crippen LogP) is 3.32. The summed E-state index contributed by atoms with van der Waals surface area (Å²) in [5, 5.41) is 1.83. The zero-order valence-corrected chi connectivity index (χ0v) is 12.5. The van der Waals surface area contributed by atoms with Gasteiger partial charge in [-0.25, -0.2) is 5.06 Å². The third-order valence-corrected chi connectivity index (χ3v) is 8.14. The maximum atomic E-state index is 11.8. The largest absolute Gasteiger partial charge is 0.317 e. The zero-order chi connectivity index (χ0) is 12.6. The minimum atomic E-state index is -1.86. The molecule has 1 fully saturated rings. The van der Waals surface area contributed by atoms with Gasteiger partial charge < -0.3 is 4.53 Å². The molecule has 0 aliphatic carbocycles. The van der Waals surface area contributed by atoms with E-state index in [1.807, 2.05) is 0 Å². The Labute approximate surface area is 100 Å². The van der Waals surface area contributed by atoms with Crippen molar-refractivity contribution in [3.05, 3.63) is 0 Å². The standard InChI is InChI=1S/C12H25NO2Si/c1-7-10-8-9-11(14)13(10)15-16(5,6)12(2,3)4/h10H,7-9H2,1-6H3. The summed E-state index contributed by atoms with van der Waals surface area (Å²) in [6.45, 7) is 13.1. The van der Waals surface area contributed by atoms with Crippen LogP contribution in [0.5, 0.6) is 0 Å². The van der Waals surface area contributed by atoms with Crippen molar-refractivity contribution < 1.29 is 9.32 Å². The van der Waals surface area contributed by atoms with E-state index in [4.69, 9.17) is 4.53 Å². The van der Waals surface area contributed by atoms with E-state index in [0.29, 0.717) is 12.5 Å². The van der Waals surface area contributed by atoms with Crippen LogP contribution in [0.25, 0.3) is 0 Å². The van der Waals surface area contributed by atoms with E-state index in [9.17, 15) is 4.79 Å². The Morgan fingerprint density at radius 1 is 1.44 bits per heavy atom. The van der Waals surface area contributed by atoms with Crippen LogP contribution in [0.4, 0.5) is 0 Å². The van der Waals surface area contributed by atoms with Crippen molar-refractivity contribution in [3.8, 4) is 0 Å². The minimum Gasteiger partial charge on any atom is -0.317 e. The molecule has 0 saturated carbocycles. The summed E-state index contributed by atoms with van der Waals surface area (Å²) in [5.74, 6) is 0.164. The molecule has 0 aromatic rings. The number of amides is 1. The fourth-order valence-corrected chi connectivity index (χ4v) is 2.62. The van der Waals surface area contributed by atoms with Gasteiger partial charge in [0.05, 0.1) is 6.04 Å². The summed E-state index contributed by atoms with van der Waals surface area (Å²) in [4.78, 5) is 11.8. The molecule has 3 nitrogen and oxygen atoms in total. The van der Waals surface area contributed by atoms with Crippen molar-refractivity contribution in [1.82, 2.24) is 5.06 Å². The number of rotatable bonds is 3. The number of nitrogens with zero attached hydrogens (tertiary/aromatic N) is 1. The smallest absolute Gasteiger partial charge is 0.245 e. The van der Waals surface area contributed by atoms with Gasteiger partial charge in [-0.2, -0.15) is 0 Å². The number of hydroxylamine groups is 2. The van der Waals surface area contributed by atoms with Crippen molar-refractivity contribution in [2.75, 3.05) is 0 Å². The van der Waals surface area contributed by atoms with Crippen molar-refractivity contribution in [2.24, 2.45) is 0 Å². The van der Waals surface area contributed by atoms with Gasteiger partial charge in [0.1, 0.15) is 0 Å². The van der Waals surface area contributed by atoms with Crippen molar-refractivity contribution >= 4 is 14.2 Å². The molecular formula is C12H25NO2Si. The fraction of sp³-hybridized carbons (Fsp3) is 0.917. The molecule has 0 N–H and O–H groups in total. The molecular weight excluding hydrogens is 218 g/mol. The molecule has 94 valence electrons. The monoisotopic (exact) mass is 243 g/mol. The van der Waals surface area contributed by atoms with Crippen molar-refractivity contribution in [3.63, 3.8) is 0 Å². The third-order valence-electron chi connectivity index (χ3n) is 3.87. The van der Waals surface area contributed by atoms with Gasteiger partial charge in [0, 0.05) is 6.42 Å². The Balaban J connectivity index is 2.76. The summed E-state index contributed by atoms with van der Waals surface area (Å²) < 4.78 is 6.10. The number of carbonyl (C=O) groups is 1. The van der Waals surface area contributed by atoms with Crippen LogP contribution >= 0.6 is 0 Å². The topological polar surface area (TPSA) is 29.5 Å². The lowest BCUT2D eigenvalue weighted by molar-refractivity contribution is -0.160. The average Bonchev–Trinajstić information content (AvgIpc) is 2.45. The van der Waals surface area contributed by atoms with Crippen molar-refractivity contribution in [2.45, 2.75) is 71.1 Å². The maximum absolute atomic E-state index is 11.8. The minimum absolute atomic E-state index is 0.147. The van der Waals surface area contributed by atoms with Gasteiger partial charge in [-0.05, 0) is 31.0 Å². The molecule has 1 amide bonds. The normalized spacial score (nSPS) is 23.0. The summed E-state index contributed by atoms with van der Waals surface area (Å²) >= 11 is 0. The van der Waals surface area contributed by atoms with Crippen LogP contribution in [0, 0.1) is 0 Å². The second kappa shape index (κ2) is 4.49. The molecule has 1 atom stereocenters. The number of hydrogen-bond acceptors (Lipinski definition) is 2. The van der Waals surface area contributed by atoms with E-state index in [-0.39, 0.29) is 10.9 Å². The summed E-state index contributed by atoms with van der Waals surface area (Å²) in [6.07, 6.45) is 2.58. The van der Waals surface area contributed by atoms with Crippen LogP contribution < -0.4 is 0 Å². The summed E-state index contributed by atoms with van der Waals surface area (Å²) in [7, 11) is -1.86. The first kappa shape index (κ1) is 13.7. The van der Waals surface area contributed by atoms with Crippen LogP contribution in [0.3, 0.4) is 0 Å². The molecule has 0 spiro atoms. The second-order valence-corrected chi connectivity index (χ2v) is 10.9. The Kier molecular flexibility index (Phi) is 3.85. The summed E-state index contributed by atoms with van der Waals surface area (Å²) in [5.41, 5.74) is 0. The molecule has 1 unspecified atom stereocenters. The van der Waals surface area contributed by atoms with Gasteiger partial charge in [0.15, 0.2) is 0 Å². The first-order valence-electron chi connectivity index (χ1n) is 6.20. The van der Waals surface area contributed by atoms with Crippen LogP contribution in [-0.2, 0) is 9.32 Å². The van der Waals surface area contributed by atoms with Gasteiger partial charge in [0.2, 0.25) is 14.2 Å². The van der Waals surface area contributed by atoms with E-state index in [1.165, 1.54) is 0 Å². The summed E-state index contributed by atoms with van der Waals surface area (Å²) in [6, 6.07) is 0.293. The molecule has 1 aliphatic rings. The molecule has 1 heterocycles. The fourth-order valence-electron chi connectivity index (χ4n) is 1.60. The van der Waals surface area contributed by atoms with E-state index in [0.717, 1.165) is 12.8 Å². The van der Waals surface area contributed by atoms with Crippen LogP contribution in [0.2, 0.25) is 18.1 Å². The molecule has 1 saturated heterocycles. The van der Waals surface area contributed by atoms with E-state index in [2.05, 4.69) is 40.8 Å². The molecule has 16 heavy (non-hydrogen) atoms. The van der Waals surface area contributed by atoms with Gasteiger partial charge in [-0.3, -0.25) is 4.79 Å². The van der Waals surface area contributed by atoms with Gasteiger partial charge >= 0.3 is 0 Å². The Morgan fingerprint density at radius 3 is 2.44 bits per heavy atom. The van der Waals surface area contributed by atoms with Gasteiger partial charge in [-0.1, -0.05) is 27.7 Å². The molecule has 1 aliphatic heterocycles. The molecule has 0 radical (unpaired) electrons. The molecule has 0 aromatic carbocycles. The number of hydrogen-bond donors (Lipinski definition) is 0. The average molecular weight is 243 g/mol. The highest BCUT2D eigenvalue weighted by atomic mass is 28.4. The van der Waals surface area contributed by atoms with Crippen LogP contribution in [-0.4, -0.2) is 25.3 Å². The highest BCUT2D eigenvalue weighted by Gasteiger charge is 2.43. The van der Waals surface area contributed by atoms with E-state index >= 15 is 0 Å². The van der Waals surface area contributed by atoms with Gasteiger partial charge in [0.25, 0.3) is 0 Å². The molecule has 0 bridgehead atoms. The van der Waals surface area contributed by atoms with Crippen LogP contribution in [0.15, 0.2) is 0 Å². The lowest BCUT2D eigenvalue weighted by Gasteiger charge is -2.40. The maximum Gasteiger partial charge on any atom is 0.245 e. The number of carbonyl (C=O) groups excluding carboxylic acids is 1. The van der Waals surface area contributed by atoms with Gasteiger partial charge in [-0.15, -0.1) is 0 Å². The first-order valence-corrected chi connectivity index (χ1v) is 9.11. The lowest BCUT2D eigenvalue weighted by atomic mass is 10.2. The Morgan fingerprint density at radius 2 is 2.00 bits per heavy atom. The lowest BCUT2D eigenvalue weighted by Crippen LogP contribution is -2.49. The highest BCUT2D eigenvalue weighted by molar-refractivity contribution is 6.74. The predicted molar refractivity (Wildman–Crippen MR) is 68.4 cm³/mol. The molecule has 1 rings (SSSR count). The van der Waals surface area contributed by atoms with E-state index < -0.39 is 8.32 Å². The first-order chi connectivity index (χ1) is 7.19. The quantitative estimate of drug-likeness (QED) is 0.712. The second-order valence-electron chi connectivity index (χ2n) is 6.17. The zero-order valence-electron chi connectivity index (χ0n) is 11.5. The molecule has 0 aromatic heterocycles. The van der Waals surface area contributed by atoms with E-state index in [1.54, 1.807) is 5.06 Å². The molecule has 4 heteroatoms. The SMILES string of the molecule is CCC1CCC(=O)N1O[Si](C)(C)C(C)(C)C. The highest BCUT2D eigenvalue weighted by Crippen LogP contribution is 2.38. The Hall–Kier alpha value is -0.353. The third kappa shape index (κ3) is 2.66.